The molecule has 0 radical (unpaired) electrons. The monoisotopic (exact) mass is 216 g/mol. The van der Waals surface area contributed by atoms with Crippen molar-refractivity contribution in [3.05, 3.63) is 47.2 Å². The SMILES string of the molecule is C=C(C)O/N=C/c1ccc2c(c1)CC[C@@H]2N. The molecule has 3 heteroatoms. The summed E-state index contributed by atoms with van der Waals surface area (Å²) < 4.78 is 0. The smallest absolute Gasteiger partial charge is 0.124 e. The molecule has 0 aliphatic heterocycles. The van der Waals surface area contributed by atoms with Gasteiger partial charge in [-0.3, -0.25) is 0 Å². The lowest BCUT2D eigenvalue weighted by molar-refractivity contribution is 0.233. The molecule has 3 nitrogen and oxygen atoms in total. The molecule has 1 aromatic rings. The van der Waals surface area contributed by atoms with Gasteiger partial charge in [0.15, 0.2) is 0 Å². The molecular formula is C13H16N2O. The molecule has 1 aliphatic rings. The van der Waals surface area contributed by atoms with Crippen LogP contribution in [0.1, 0.15) is 36.1 Å². The molecule has 16 heavy (non-hydrogen) atoms. The van der Waals surface area contributed by atoms with Gasteiger partial charge in [-0.2, -0.15) is 0 Å². The van der Waals surface area contributed by atoms with Crippen molar-refractivity contribution in [2.75, 3.05) is 0 Å². The van der Waals surface area contributed by atoms with Crippen molar-refractivity contribution in [2.45, 2.75) is 25.8 Å². The zero-order valence-electron chi connectivity index (χ0n) is 9.44. The van der Waals surface area contributed by atoms with E-state index in [1.807, 2.05) is 6.07 Å². The predicted octanol–water partition coefficient (Wildman–Crippen LogP) is 2.52. The number of hydrogen-bond acceptors (Lipinski definition) is 3. The lowest BCUT2D eigenvalue weighted by Gasteiger charge is -2.04. The van der Waals surface area contributed by atoms with Gasteiger partial charge >= 0.3 is 0 Å². The molecule has 2 N–H and O–H groups in total. The van der Waals surface area contributed by atoms with Crippen LogP contribution in [0.15, 0.2) is 35.7 Å². The highest BCUT2D eigenvalue weighted by Crippen LogP contribution is 2.29. The Morgan fingerprint density at radius 2 is 2.44 bits per heavy atom. The number of nitrogens with zero attached hydrogens (tertiary/aromatic N) is 1. The van der Waals surface area contributed by atoms with E-state index in [9.17, 15) is 0 Å². The van der Waals surface area contributed by atoms with Gasteiger partial charge < -0.3 is 10.6 Å². The molecule has 0 aromatic heterocycles. The van der Waals surface area contributed by atoms with Gasteiger partial charge in [-0.15, -0.1) is 0 Å². The van der Waals surface area contributed by atoms with Crippen LogP contribution >= 0.6 is 0 Å². The Morgan fingerprint density at radius 3 is 3.19 bits per heavy atom. The molecule has 0 heterocycles. The summed E-state index contributed by atoms with van der Waals surface area (Å²) in [4.78, 5) is 4.94. The van der Waals surface area contributed by atoms with Crippen molar-refractivity contribution < 1.29 is 4.84 Å². The summed E-state index contributed by atoms with van der Waals surface area (Å²) in [5.74, 6) is 0.583. The molecule has 0 unspecified atom stereocenters. The number of hydrogen-bond donors (Lipinski definition) is 1. The van der Waals surface area contributed by atoms with E-state index in [0.717, 1.165) is 18.4 Å². The Balaban J connectivity index is 2.13. The third kappa shape index (κ3) is 2.31. The second-order valence-corrected chi connectivity index (χ2v) is 4.13. The predicted molar refractivity (Wildman–Crippen MR) is 65.2 cm³/mol. The van der Waals surface area contributed by atoms with Crippen molar-refractivity contribution in [3.8, 4) is 0 Å². The van der Waals surface area contributed by atoms with Gasteiger partial charge in [-0.25, -0.2) is 0 Å². The normalized spacial score (nSPS) is 18.8. The second kappa shape index (κ2) is 4.49. The number of fused-ring (bicyclic) bond motifs is 1. The van der Waals surface area contributed by atoms with Crippen molar-refractivity contribution >= 4 is 6.21 Å². The van der Waals surface area contributed by atoms with Crippen molar-refractivity contribution in [2.24, 2.45) is 10.9 Å². The molecule has 0 saturated heterocycles. The first-order valence-corrected chi connectivity index (χ1v) is 5.41. The summed E-state index contributed by atoms with van der Waals surface area (Å²) in [6.45, 7) is 5.36. The molecule has 1 aliphatic carbocycles. The van der Waals surface area contributed by atoms with E-state index in [4.69, 9.17) is 10.6 Å². The van der Waals surface area contributed by atoms with Gasteiger partial charge in [0.2, 0.25) is 0 Å². The Hall–Kier alpha value is -1.61. The summed E-state index contributed by atoms with van der Waals surface area (Å²) in [5, 5.41) is 3.83. The van der Waals surface area contributed by atoms with Crippen LogP contribution in [0.2, 0.25) is 0 Å². The van der Waals surface area contributed by atoms with E-state index in [2.05, 4.69) is 23.9 Å². The third-order valence-corrected chi connectivity index (χ3v) is 2.70. The minimum atomic E-state index is 0.202. The lowest BCUT2D eigenvalue weighted by atomic mass is 10.1. The fourth-order valence-electron chi connectivity index (χ4n) is 1.93. The average Bonchev–Trinajstić information content (AvgIpc) is 2.60. The number of allylic oxidation sites excluding steroid dienone is 1. The van der Waals surface area contributed by atoms with Crippen LogP contribution in [0, 0.1) is 0 Å². The fraction of sp³-hybridized carbons (Fsp3) is 0.308. The Bertz CT molecular complexity index is 438. The highest BCUT2D eigenvalue weighted by molar-refractivity contribution is 5.79. The zero-order chi connectivity index (χ0) is 11.5. The number of aryl methyl sites for hydroxylation is 1. The summed E-state index contributed by atoms with van der Waals surface area (Å²) in [7, 11) is 0. The van der Waals surface area contributed by atoms with E-state index in [-0.39, 0.29) is 6.04 Å². The molecule has 2 rings (SSSR count). The Morgan fingerprint density at radius 1 is 1.62 bits per heavy atom. The average molecular weight is 216 g/mol. The first-order chi connectivity index (χ1) is 7.66. The van der Waals surface area contributed by atoms with E-state index >= 15 is 0 Å². The fourth-order valence-corrected chi connectivity index (χ4v) is 1.93. The maximum absolute atomic E-state index is 5.97. The Kier molecular flexibility index (Phi) is 3.06. The molecule has 84 valence electrons. The standard InChI is InChI=1S/C13H16N2O/c1-9(2)16-15-8-10-3-5-12-11(7-10)4-6-13(12)14/h3,5,7-8,13H,1,4,6,14H2,2H3/b15-8+/t13-/m0/s1. The van der Waals surface area contributed by atoms with Crippen LogP contribution in [-0.4, -0.2) is 6.21 Å². The highest BCUT2D eigenvalue weighted by atomic mass is 16.6. The second-order valence-electron chi connectivity index (χ2n) is 4.13. The van der Waals surface area contributed by atoms with Crippen molar-refractivity contribution in [3.63, 3.8) is 0 Å². The number of oxime groups is 1. The molecule has 0 bridgehead atoms. The van der Waals surface area contributed by atoms with Crippen molar-refractivity contribution in [1.82, 2.24) is 0 Å². The summed E-state index contributed by atoms with van der Waals surface area (Å²) in [5.41, 5.74) is 9.59. The van der Waals surface area contributed by atoms with Crippen molar-refractivity contribution in [1.29, 1.82) is 0 Å². The van der Waals surface area contributed by atoms with E-state index in [1.54, 1.807) is 13.1 Å². The van der Waals surface area contributed by atoms with Crippen LogP contribution in [0.3, 0.4) is 0 Å². The summed E-state index contributed by atoms with van der Waals surface area (Å²) in [6.07, 6.45) is 3.79. The molecule has 1 aromatic carbocycles. The molecule has 0 saturated carbocycles. The highest BCUT2D eigenvalue weighted by Gasteiger charge is 2.18. The minimum Gasteiger partial charge on any atom is -0.362 e. The third-order valence-electron chi connectivity index (χ3n) is 2.70. The van der Waals surface area contributed by atoms with Crippen LogP contribution in [0.25, 0.3) is 0 Å². The molecule has 0 fully saturated rings. The minimum absolute atomic E-state index is 0.202. The van der Waals surface area contributed by atoms with Crippen LogP contribution < -0.4 is 5.73 Å². The van der Waals surface area contributed by atoms with E-state index in [0.29, 0.717) is 5.76 Å². The van der Waals surface area contributed by atoms with Gasteiger partial charge in [0.25, 0.3) is 0 Å². The molecular weight excluding hydrogens is 200 g/mol. The number of benzene rings is 1. The van der Waals surface area contributed by atoms with Gasteiger partial charge in [0.1, 0.15) is 5.76 Å². The molecule has 0 spiro atoms. The summed E-state index contributed by atoms with van der Waals surface area (Å²) in [6, 6.07) is 6.41. The van der Waals surface area contributed by atoms with Gasteiger partial charge in [0, 0.05) is 6.04 Å². The topological polar surface area (TPSA) is 47.6 Å². The van der Waals surface area contributed by atoms with Gasteiger partial charge in [-0.05, 0) is 42.5 Å². The number of nitrogens with two attached hydrogens (primary N) is 1. The lowest BCUT2D eigenvalue weighted by Crippen LogP contribution is -2.04. The first-order valence-electron chi connectivity index (χ1n) is 5.41. The number of rotatable bonds is 3. The largest absolute Gasteiger partial charge is 0.362 e. The zero-order valence-corrected chi connectivity index (χ0v) is 9.44. The van der Waals surface area contributed by atoms with Gasteiger partial charge in [0.05, 0.1) is 6.21 Å². The van der Waals surface area contributed by atoms with Crippen LogP contribution in [0.4, 0.5) is 0 Å². The molecule has 1 atom stereocenters. The Labute approximate surface area is 95.6 Å². The van der Waals surface area contributed by atoms with E-state index in [1.165, 1.54) is 11.1 Å². The first kappa shape index (κ1) is 10.9. The maximum Gasteiger partial charge on any atom is 0.124 e. The van der Waals surface area contributed by atoms with Gasteiger partial charge in [-0.1, -0.05) is 23.9 Å². The van der Waals surface area contributed by atoms with Crippen LogP contribution in [-0.2, 0) is 11.3 Å². The molecule has 0 amide bonds. The summed E-state index contributed by atoms with van der Waals surface area (Å²) >= 11 is 0. The quantitative estimate of drug-likeness (QED) is 0.479. The van der Waals surface area contributed by atoms with E-state index < -0.39 is 0 Å². The van der Waals surface area contributed by atoms with Crippen LogP contribution in [0.5, 0.6) is 0 Å². The maximum atomic E-state index is 5.97.